The molecule has 1 N–H and O–H groups in total. The lowest BCUT2D eigenvalue weighted by Crippen LogP contribution is -2.49. The molecule has 1 aliphatic heterocycles. The first-order valence-corrected chi connectivity index (χ1v) is 6.22. The van der Waals surface area contributed by atoms with Crippen molar-refractivity contribution in [2.75, 3.05) is 19.6 Å². The smallest absolute Gasteiger partial charge is 0.309 e. The zero-order valence-corrected chi connectivity index (χ0v) is 10.9. The van der Waals surface area contributed by atoms with Crippen molar-refractivity contribution < 1.29 is 13.2 Å². The Morgan fingerprint density at radius 3 is 2.06 bits per heavy atom. The van der Waals surface area contributed by atoms with Gasteiger partial charge in [-0.3, -0.25) is 0 Å². The van der Waals surface area contributed by atoms with E-state index in [4.69, 9.17) is 0 Å². The Hall–Kier alpha value is -0.290. The van der Waals surface area contributed by atoms with Gasteiger partial charge in [0.15, 0.2) is 0 Å². The number of hydrogen-bond acceptors (Lipinski definition) is 2. The third kappa shape index (κ3) is 6.88. The standard InChI is InChI=1S/C12H23F3N2/c1-11(2,3)16-10-4-7-17(8-5-10)9-6-12(13,14)15/h10,16H,4-9H2,1-3H3. The van der Waals surface area contributed by atoms with Gasteiger partial charge in [0, 0.05) is 18.1 Å². The maximum Gasteiger partial charge on any atom is 0.390 e. The van der Waals surface area contributed by atoms with Crippen LogP contribution in [0.4, 0.5) is 13.2 Å². The molecule has 1 rings (SSSR count). The molecular weight excluding hydrogens is 229 g/mol. The number of nitrogens with zero attached hydrogens (tertiary/aromatic N) is 1. The van der Waals surface area contributed by atoms with Gasteiger partial charge in [-0.25, -0.2) is 0 Å². The van der Waals surface area contributed by atoms with E-state index >= 15 is 0 Å². The van der Waals surface area contributed by atoms with Crippen LogP contribution in [-0.4, -0.2) is 42.3 Å². The van der Waals surface area contributed by atoms with Crippen LogP contribution in [-0.2, 0) is 0 Å². The van der Waals surface area contributed by atoms with Gasteiger partial charge in [-0.2, -0.15) is 13.2 Å². The van der Waals surface area contributed by atoms with Gasteiger partial charge < -0.3 is 10.2 Å². The van der Waals surface area contributed by atoms with E-state index in [2.05, 4.69) is 26.1 Å². The minimum absolute atomic E-state index is 0.0821. The molecule has 0 radical (unpaired) electrons. The minimum Gasteiger partial charge on any atom is -0.309 e. The fourth-order valence-electron chi connectivity index (χ4n) is 2.20. The Labute approximate surface area is 102 Å². The molecule has 0 amide bonds. The Morgan fingerprint density at radius 2 is 1.65 bits per heavy atom. The van der Waals surface area contributed by atoms with E-state index in [0.717, 1.165) is 25.9 Å². The molecule has 0 aliphatic carbocycles. The maximum atomic E-state index is 12.1. The Kier molecular flexibility index (Phi) is 4.84. The van der Waals surface area contributed by atoms with Crippen LogP contribution < -0.4 is 5.32 Å². The topological polar surface area (TPSA) is 15.3 Å². The number of hydrogen-bond donors (Lipinski definition) is 1. The fraction of sp³-hybridized carbons (Fsp3) is 1.00. The number of piperidine rings is 1. The van der Waals surface area contributed by atoms with E-state index in [1.54, 1.807) is 0 Å². The van der Waals surface area contributed by atoms with Gasteiger partial charge in [0.2, 0.25) is 0 Å². The first kappa shape index (κ1) is 14.8. The van der Waals surface area contributed by atoms with Gasteiger partial charge in [0.1, 0.15) is 0 Å². The summed E-state index contributed by atoms with van der Waals surface area (Å²) in [6, 6.07) is 0.442. The molecule has 0 spiro atoms. The average molecular weight is 252 g/mol. The molecule has 5 heteroatoms. The molecule has 0 unspecified atom stereocenters. The van der Waals surface area contributed by atoms with Crippen LogP contribution in [0.2, 0.25) is 0 Å². The molecule has 17 heavy (non-hydrogen) atoms. The number of alkyl halides is 3. The molecule has 1 fully saturated rings. The predicted octanol–water partition coefficient (Wildman–Crippen LogP) is 2.79. The SMILES string of the molecule is CC(C)(C)NC1CCN(CCC(F)(F)F)CC1. The first-order chi connectivity index (χ1) is 7.66. The highest BCUT2D eigenvalue weighted by molar-refractivity contribution is 4.83. The van der Waals surface area contributed by atoms with Crippen molar-refractivity contribution in [3.8, 4) is 0 Å². The molecule has 0 aromatic heterocycles. The molecule has 0 aromatic carbocycles. The summed E-state index contributed by atoms with van der Waals surface area (Å²) in [4.78, 5) is 1.91. The molecule has 102 valence electrons. The molecular formula is C12H23F3N2. The predicted molar refractivity (Wildman–Crippen MR) is 63.0 cm³/mol. The summed E-state index contributed by atoms with van der Waals surface area (Å²) in [5.41, 5.74) is 0.0821. The highest BCUT2D eigenvalue weighted by atomic mass is 19.4. The average Bonchev–Trinajstić information content (AvgIpc) is 2.13. The highest BCUT2D eigenvalue weighted by Gasteiger charge is 2.29. The van der Waals surface area contributed by atoms with E-state index in [-0.39, 0.29) is 12.1 Å². The summed E-state index contributed by atoms with van der Waals surface area (Å²) in [5, 5.41) is 3.50. The zero-order chi connectivity index (χ0) is 13.1. The van der Waals surface area contributed by atoms with E-state index in [1.807, 2.05) is 4.90 Å². The Bertz CT molecular complexity index is 225. The second-order valence-corrected chi connectivity index (χ2v) is 5.88. The number of likely N-dealkylation sites (tertiary alicyclic amines) is 1. The summed E-state index contributed by atoms with van der Waals surface area (Å²) in [6.07, 6.45) is -2.84. The Morgan fingerprint density at radius 1 is 1.12 bits per heavy atom. The van der Waals surface area contributed by atoms with Gasteiger partial charge in [-0.1, -0.05) is 0 Å². The number of rotatable bonds is 3. The largest absolute Gasteiger partial charge is 0.390 e. The third-order valence-electron chi connectivity index (χ3n) is 2.94. The van der Waals surface area contributed by atoms with Crippen molar-refractivity contribution in [2.24, 2.45) is 0 Å². The van der Waals surface area contributed by atoms with E-state index in [0.29, 0.717) is 6.04 Å². The summed E-state index contributed by atoms with van der Waals surface area (Å²) in [6.45, 7) is 8.02. The molecule has 1 aliphatic rings. The van der Waals surface area contributed by atoms with Crippen LogP contribution in [0.25, 0.3) is 0 Å². The molecule has 1 saturated heterocycles. The van der Waals surface area contributed by atoms with Crippen molar-refractivity contribution >= 4 is 0 Å². The zero-order valence-electron chi connectivity index (χ0n) is 10.9. The Balaban J connectivity index is 2.22. The monoisotopic (exact) mass is 252 g/mol. The lowest BCUT2D eigenvalue weighted by molar-refractivity contribution is -0.138. The van der Waals surface area contributed by atoms with E-state index in [1.165, 1.54) is 0 Å². The van der Waals surface area contributed by atoms with Crippen LogP contribution in [0.15, 0.2) is 0 Å². The van der Waals surface area contributed by atoms with E-state index in [9.17, 15) is 13.2 Å². The molecule has 0 atom stereocenters. The van der Waals surface area contributed by atoms with Gasteiger partial charge >= 0.3 is 6.18 Å². The highest BCUT2D eigenvalue weighted by Crippen LogP contribution is 2.21. The van der Waals surface area contributed by atoms with Crippen molar-refractivity contribution in [2.45, 2.75) is 57.8 Å². The van der Waals surface area contributed by atoms with Crippen LogP contribution in [0, 0.1) is 0 Å². The van der Waals surface area contributed by atoms with Crippen molar-refractivity contribution in [3.63, 3.8) is 0 Å². The van der Waals surface area contributed by atoms with Crippen molar-refractivity contribution in [1.82, 2.24) is 10.2 Å². The van der Waals surface area contributed by atoms with Gasteiger partial charge in [0.05, 0.1) is 6.42 Å². The first-order valence-electron chi connectivity index (χ1n) is 6.22. The number of nitrogens with one attached hydrogen (secondary N) is 1. The van der Waals surface area contributed by atoms with Crippen LogP contribution in [0.3, 0.4) is 0 Å². The quantitative estimate of drug-likeness (QED) is 0.831. The second-order valence-electron chi connectivity index (χ2n) is 5.88. The second kappa shape index (κ2) is 5.57. The normalized spacial score (nSPS) is 20.8. The molecule has 0 bridgehead atoms. The van der Waals surface area contributed by atoms with Crippen molar-refractivity contribution in [3.05, 3.63) is 0 Å². The maximum absolute atomic E-state index is 12.1. The van der Waals surface area contributed by atoms with Crippen LogP contribution >= 0.6 is 0 Å². The summed E-state index contributed by atoms with van der Waals surface area (Å²) >= 11 is 0. The fourth-order valence-corrected chi connectivity index (χ4v) is 2.20. The van der Waals surface area contributed by atoms with Gasteiger partial charge in [-0.05, 0) is 46.7 Å². The van der Waals surface area contributed by atoms with Crippen molar-refractivity contribution in [1.29, 1.82) is 0 Å². The van der Waals surface area contributed by atoms with Crippen LogP contribution in [0.5, 0.6) is 0 Å². The molecule has 2 nitrogen and oxygen atoms in total. The lowest BCUT2D eigenvalue weighted by Gasteiger charge is -2.36. The van der Waals surface area contributed by atoms with E-state index < -0.39 is 12.6 Å². The van der Waals surface area contributed by atoms with Gasteiger partial charge in [0.25, 0.3) is 0 Å². The number of halogens is 3. The van der Waals surface area contributed by atoms with Crippen LogP contribution in [0.1, 0.15) is 40.0 Å². The molecule has 0 saturated carbocycles. The summed E-state index contributed by atoms with van der Waals surface area (Å²) < 4.78 is 36.2. The lowest BCUT2D eigenvalue weighted by atomic mass is 10.00. The summed E-state index contributed by atoms with van der Waals surface area (Å²) in [5.74, 6) is 0. The molecule has 0 aromatic rings. The third-order valence-corrected chi connectivity index (χ3v) is 2.94. The molecule has 1 heterocycles. The summed E-state index contributed by atoms with van der Waals surface area (Å²) in [7, 11) is 0. The van der Waals surface area contributed by atoms with Gasteiger partial charge in [-0.15, -0.1) is 0 Å². The minimum atomic E-state index is -4.03.